The molecule has 0 saturated carbocycles. The Morgan fingerprint density at radius 2 is 2.04 bits per heavy atom. The molecule has 0 radical (unpaired) electrons. The normalized spacial score (nSPS) is 23.5. The summed E-state index contributed by atoms with van der Waals surface area (Å²) < 4.78 is 5.51. The van der Waals surface area contributed by atoms with Crippen molar-refractivity contribution in [2.45, 2.75) is 45.4 Å². The Hall–Kier alpha value is -1.08. The van der Waals surface area contributed by atoms with Gasteiger partial charge < -0.3 is 20.3 Å². The molecule has 1 aromatic rings. The highest BCUT2D eigenvalue weighted by molar-refractivity contribution is 5.85. The minimum absolute atomic E-state index is 0. The zero-order chi connectivity index (χ0) is 16.9. The number of hydrogen-bond acceptors (Lipinski definition) is 5. The van der Waals surface area contributed by atoms with E-state index in [1.54, 1.807) is 0 Å². The summed E-state index contributed by atoms with van der Waals surface area (Å²) in [6.45, 7) is 8.26. The van der Waals surface area contributed by atoms with Gasteiger partial charge in [-0.2, -0.15) is 0 Å². The molecule has 2 N–H and O–H groups in total. The summed E-state index contributed by atoms with van der Waals surface area (Å²) in [5.41, 5.74) is 1.02. The van der Waals surface area contributed by atoms with Crippen LogP contribution in [0.2, 0.25) is 0 Å². The third kappa shape index (κ3) is 5.98. The first-order chi connectivity index (χ1) is 11.6. The lowest BCUT2D eigenvalue weighted by molar-refractivity contribution is -0.129. The smallest absolute Gasteiger partial charge is 0.240 e. The summed E-state index contributed by atoms with van der Waals surface area (Å²) in [5.74, 6) is 1.83. The molecule has 2 fully saturated rings. The maximum atomic E-state index is 12.2. The van der Waals surface area contributed by atoms with E-state index in [4.69, 9.17) is 4.74 Å². The van der Waals surface area contributed by atoms with E-state index in [-0.39, 0.29) is 42.9 Å². The molecule has 0 aliphatic carbocycles. The molecule has 8 heteroatoms. The fourth-order valence-electron chi connectivity index (χ4n) is 3.27. The molecular formula is C18H30Cl2N4O2. The van der Waals surface area contributed by atoms with Gasteiger partial charge in [0.2, 0.25) is 5.91 Å². The van der Waals surface area contributed by atoms with Crippen molar-refractivity contribution in [3.63, 3.8) is 0 Å². The highest BCUT2D eigenvalue weighted by Gasteiger charge is 2.27. The van der Waals surface area contributed by atoms with Gasteiger partial charge in [-0.3, -0.25) is 4.79 Å². The average molecular weight is 405 g/mol. The summed E-state index contributed by atoms with van der Waals surface area (Å²) in [5, 5.41) is 6.17. The number of morpholine rings is 1. The van der Waals surface area contributed by atoms with Crippen LogP contribution in [0.15, 0.2) is 18.3 Å². The van der Waals surface area contributed by atoms with Crippen molar-refractivity contribution in [2.75, 3.05) is 31.1 Å². The summed E-state index contributed by atoms with van der Waals surface area (Å²) >= 11 is 0. The Morgan fingerprint density at radius 1 is 1.31 bits per heavy atom. The topological polar surface area (TPSA) is 66.5 Å². The second-order valence-electron chi connectivity index (χ2n) is 6.92. The van der Waals surface area contributed by atoms with E-state index in [9.17, 15) is 4.79 Å². The second-order valence-corrected chi connectivity index (χ2v) is 6.92. The zero-order valence-corrected chi connectivity index (χ0v) is 17.1. The summed E-state index contributed by atoms with van der Waals surface area (Å²) in [6, 6.07) is 3.83. The maximum Gasteiger partial charge on any atom is 0.240 e. The van der Waals surface area contributed by atoms with Crippen LogP contribution in [-0.2, 0) is 16.1 Å². The Balaban J connectivity index is 0.00000169. The van der Waals surface area contributed by atoms with Gasteiger partial charge in [0, 0.05) is 32.4 Å². The molecule has 2 saturated heterocycles. The van der Waals surface area contributed by atoms with E-state index in [1.807, 2.05) is 13.1 Å². The third-order valence-corrected chi connectivity index (χ3v) is 4.98. The van der Waals surface area contributed by atoms with Gasteiger partial charge in [0.05, 0.1) is 12.7 Å². The van der Waals surface area contributed by atoms with Crippen molar-refractivity contribution < 1.29 is 9.53 Å². The fourth-order valence-corrected chi connectivity index (χ4v) is 3.27. The first-order valence-electron chi connectivity index (χ1n) is 8.96. The van der Waals surface area contributed by atoms with Crippen LogP contribution in [0.4, 0.5) is 5.82 Å². The number of pyridine rings is 1. The summed E-state index contributed by atoms with van der Waals surface area (Å²) in [7, 11) is 0. The van der Waals surface area contributed by atoms with Gasteiger partial charge in [-0.25, -0.2) is 4.98 Å². The van der Waals surface area contributed by atoms with Gasteiger partial charge in [0.15, 0.2) is 0 Å². The van der Waals surface area contributed by atoms with Crippen LogP contribution < -0.4 is 15.5 Å². The molecule has 2 aliphatic rings. The highest BCUT2D eigenvalue weighted by Crippen LogP contribution is 2.21. The number of halogens is 2. The number of piperidine rings is 1. The number of nitrogens with one attached hydrogen (secondary N) is 2. The predicted molar refractivity (Wildman–Crippen MR) is 108 cm³/mol. The first-order valence-corrected chi connectivity index (χ1v) is 8.96. The SMILES string of the molecule is CC1CCN(c2ccc(CNC(=O)[C@H]3NCCO[C@@H]3C)cn2)CC1.Cl.Cl. The lowest BCUT2D eigenvalue weighted by atomic mass is 9.99. The van der Waals surface area contributed by atoms with Crippen LogP contribution >= 0.6 is 24.8 Å². The van der Waals surface area contributed by atoms with E-state index < -0.39 is 0 Å². The number of amides is 1. The van der Waals surface area contributed by atoms with Crippen LogP contribution in [0.5, 0.6) is 0 Å². The Kier molecular flexibility index (Phi) is 9.64. The van der Waals surface area contributed by atoms with Gasteiger partial charge in [-0.1, -0.05) is 13.0 Å². The second kappa shape index (κ2) is 10.9. The van der Waals surface area contributed by atoms with E-state index >= 15 is 0 Å². The minimum Gasteiger partial charge on any atom is -0.375 e. The Labute approximate surface area is 168 Å². The molecule has 0 aromatic carbocycles. The molecule has 0 unspecified atom stereocenters. The van der Waals surface area contributed by atoms with Crippen LogP contribution in [0.3, 0.4) is 0 Å². The fraction of sp³-hybridized carbons (Fsp3) is 0.667. The Morgan fingerprint density at radius 3 is 2.65 bits per heavy atom. The van der Waals surface area contributed by atoms with Crippen molar-refractivity contribution in [2.24, 2.45) is 5.92 Å². The van der Waals surface area contributed by atoms with Crippen molar-refractivity contribution in [3.05, 3.63) is 23.9 Å². The van der Waals surface area contributed by atoms with Gasteiger partial charge in [0.25, 0.3) is 0 Å². The number of hydrogen-bond donors (Lipinski definition) is 2. The zero-order valence-electron chi connectivity index (χ0n) is 15.4. The van der Waals surface area contributed by atoms with Crippen molar-refractivity contribution in [3.8, 4) is 0 Å². The molecule has 1 amide bonds. The molecule has 0 bridgehead atoms. The molecule has 2 atom stereocenters. The quantitative estimate of drug-likeness (QED) is 0.804. The van der Waals surface area contributed by atoms with E-state index in [1.165, 1.54) is 12.8 Å². The number of aromatic nitrogens is 1. The maximum absolute atomic E-state index is 12.2. The molecule has 0 spiro atoms. The molecule has 3 rings (SSSR count). The Bertz CT molecular complexity index is 551. The van der Waals surface area contributed by atoms with E-state index in [2.05, 4.69) is 39.6 Å². The van der Waals surface area contributed by atoms with Crippen molar-refractivity contribution in [1.82, 2.24) is 15.6 Å². The molecule has 3 heterocycles. The summed E-state index contributed by atoms with van der Waals surface area (Å²) in [6.07, 6.45) is 4.23. The number of ether oxygens (including phenoxy) is 1. The number of carbonyl (C=O) groups is 1. The van der Waals surface area contributed by atoms with Gasteiger partial charge >= 0.3 is 0 Å². The lowest BCUT2D eigenvalue weighted by Crippen LogP contribution is -2.55. The number of carbonyl (C=O) groups excluding carboxylic acids is 1. The van der Waals surface area contributed by atoms with Crippen LogP contribution in [0.1, 0.15) is 32.3 Å². The molecule has 1 aromatic heterocycles. The van der Waals surface area contributed by atoms with E-state index in [0.717, 1.165) is 30.4 Å². The van der Waals surface area contributed by atoms with Crippen molar-refractivity contribution >= 4 is 36.5 Å². The number of nitrogens with zero attached hydrogens (tertiary/aromatic N) is 2. The molecule has 26 heavy (non-hydrogen) atoms. The largest absolute Gasteiger partial charge is 0.375 e. The highest BCUT2D eigenvalue weighted by atomic mass is 35.5. The monoisotopic (exact) mass is 404 g/mol. The third-order valence-electron chi connectivity index (χ3n) is 4.98. The average Bonchev–Trinajstić information content (AvgIpc) is 2.61. The van der Waals surface area contributed by atoms with Gasteiger partial charge in [-0.15, -0.1) is 24.8 Å². The number of rotatable bonds is 4. The minimum atomic E-state index is -0.277. The van der Waals surface area contributed by atoms with Crippen LogP contribution in [0.25, 0.3) is 0 Å². The number of anilines is 1. The van der Waals surface area contributed by atoms with Crippen LogP contribution in [-0.4, -0.2) is 49.3 Å². The van der Waals surface area contributed by atoms with Gasteiger partial charge in [0.1, 0.15) is 11.9 Å². The van der Waals surface area contributed by atoms with Crippen LogP contribution in [0, 0.1) is 5.92 Å². The molecule has 6 nitrogen and oxygen atoms in total. The lowest BCUT2D eigenvalue weighted by Gasteiger charge is -2.31. The standard InChI is InChI=1S/C18H28N4O2.2ClH/c1-13-5-8-22(9-6-13)16-4-3-15(11-20-16)12-21-18(23)17-14(2)24-10-7-19-17;;/h3-4,11,13-14,17,19H,5-10,12H2,1-2H3,(H,21,23);2*1H/t14-,17+;;/m1../s1. The van der Waals surface area contributed by atoms with Crippen molar-refractivity contribution in [1.29, 1.82) is 0 Å². The predicted octanol–water partition coefficient (Wildman–Crippen LogP) is 2.15. The van der Waals surface area contributed by atoms with E-state index in [0.29, 0.717) is 19.7 Å². The summed E-state index contributed by atoms with van der Waals surface area (Å²) in [4.78, 5) is 19.2. The molecule has 2 aliphatic heterocycles. The molecular weight excluding hydrogens is 375 g/mol. The molecule has 148 valence electrons. The van der Waals surface area contributed by atoms with Gasteiger partial charge in [-0.05, 0) is 37.3 Å². The first kappa shape index (κ1) is 23.0.